The van der Waals surface area contributed by atoms with Crippen molar-refractivity contribution >= 4 is 5.97 Å². The molecule has 0 heterocycles. The van der Waals surface area contributed by atoms with Gasteiger partial charge in [-0.05, 0) is 19.9 Å². The molecule has 0 aliphatic rings. The summed E-state index contributed by atoms with van der Waals surface area (Å²) in [5.41, 5.74) is 4.50. The molecular formula is C11H31NO3. The fraction of sp³-hybridized carbons (Fsp3) is 0.909. The summed E-state index contributed by atoms with van der Waals surface area (Å²) in [5.74, 6) is 0. The van der Waals surface area contributed by atoms with Crippen molar-refractivity contribution in [2.24, 2.45) is 11.7 Å². The second-order valence-electron chi connectivity index (χ2n) is 2.57. The number of nitrogens with two attached hydrogens (primary N) is 1. The van der Waals surface area contributed by atoms with Crippen molar-refractivity contribution in [3.63, 3.8) is 0 Å². The fourth-order valence-electron chi connectivity index (χ4n) is 0. The Morgan fingerprint density at radius 2 is 1.20 bits per heavy atom. The molecule has 0 rings (SSSR count). The Morgan fingerprint density at radius 1 is 1.20 bits per heavy atom. The van der Waals surface area contributed by atoms with E-state index in [4.69, 9.17) is 15.0 Å². The van der Waals surface area contributed by atoms with E-state index in [1.54, 1.807) is 6.92 Å². The second kappa shape index (κ2) is 50.3. The molecule has 4 N–H and O–H groups in total. The number of aliphatic carboxylic acids is 1. The number of carboxylic acid groups (broad SMARTS) is 1. The van der Waals surface area contributed by atoms with Gasteiger partial charge >= 0.3 is 0 Å². The van der Waals surface area contributed by atoms with Gasteiger partial charge in [-0.3, -0.25) is 4.79 Å². The van der Waals surface area contributed by atoms with Gasteiger partial charge in [0.05, 0.1) is 0 Å². The molecule has 0 aromatic carbocycles. The third-order valence-electron chi connectivity index (χ3n) is 0. The Morgan fingerprint density at radius 3 is 1.20 bits per heavy atom. The Labute approximate surface area is 95.5 Å². The van der Waals surface area contributed by atoms with Gasteiger partial charge in [-0.2, -0.15) is 0 Å². The van der Waals surface area contributed by atoms with E-state index in [-0.39, 0.29) is 6.61 Å². The molecule has 0 amide bonds. The Kier molecular flexibility index (Phi) is 98.2. The average Bonchev–Trinajstić information content (AvgIpc) is 2.09. The lowest BCUT2D eigenvalue weighted by Gasteiger charge is -1.79. The van der Waals surface area contributed by atoms with Crippen molar-refractivity contribution in [3.05, 3.63) is 0 Å². The van der Waals surface area contributed by atoms with Gasteiger partial charge in [0.25, 0.3) is 5.97 Å². The zero-order valence-corrected chi connectivity index (χ0v) is 11.7. The first kappa shape index (κ1) is 29.3. The fourth-order valence-corrected chi connectivity index (χ4v) is 0. The highest BCUT2D eigenvalue weighted by Gasteiger charge is 1.68. The first-order valence-electron chi connectivity index (χ1n) is 5.26. The van der Waals surface area contributed by atoms with Crippen LogP contribution in [0.15, 0.2) is 0 Å². The highest BCUT2D eigenvalue weighted by atomic mass is 16.4. The lowest BCUT2D eigenvalue weighted by Crippen LogP contribution is -1.78. The van der Waals surface area contributed by atoms with E-state index in [0.29, 0.717) is 0 Å². The monoisotopic (exact) mass is 225 g/mol. The molecule has 0 aromatic heterocycles. The third kappa shape index (κ3) is 4670. The first-order chi connectivity index (χ1) is 6.88. The van der Waals surface area contributed by atoms with Crippen LogP contribution < -0.4 is 5.73 Å². The van der Waals surface area contributed by atoms with Crippen LogP contribution in [-0.2, 0) is 4.79 Å². The number of hydrogen-bond acceptors (Lipinski definition) is 3. The van der Waals surface area contributed by atoms with Crippen molar-refractivity contribution in [2.45, 2.75) is 48.5 Å². The van der Waals surface area contributed by atoms with Crippen molar-refractivity contribution < 1.29 is 15.0 Å². The van der Waals surface area contributed by atoms with Crippen LogP contribution in [0.2, 0.25) is 0 Å². The zero-order chi connectivity index (χ0) is 13.9. The maximum absolute atomic E-state index is 9.00. The largest absolute Gasteiger partial charge is 0.481 e. The van der Waals surface area contributed by atoms with E-state index in [1.807, 2.05) is 13.8 Å². The van der Waals surface area contributed by atoms with Crippen LogP contribution in [0.5, 0.6) is 0 Å². The van der Waals surface area contributed by atoms with E-state index < -0.39 is 5.97 Å². The van der Waals surface area contributed by atoms with Crippen LogP contribution >= 0.6 is 0 Å². The minimum absolute atomic E-state index is 0.250. The summed E-state index contributed by atoms with van der Waals surface area (Å²) >= 11 is 0. The van der Waals surface area contributed by atoms with Gasteiger partial charge < -0.3 is 15.9 Å². The maximum atomic E-state index is 9.00. The number of aliphatic hydroxyl groups excluding tert-OH is 1. The topological polar surface area (TPSA) is 83.5 Å². The highest BCUT2D eigenvalue weighted by molar-refractivity contribution is 5.62. The second-order valence-corrected chi connectivity index (χ2v) is 2.57. The van der Waals surface area contributed by atoms with Crippen LogP contribution in [0.25, 0.3) is 0 Å². The summed E-state index contributed by atoms with van der Waals surface area (Å²) in [4.78, 5) is 9.00. The van der Waals surface area contributed by atoms with Crippen molar-refractivity contribution in [1.82, 2.24) is 0 Å². The number of aliphatic hydroxyl groups is 1. The van der Waals surface area contributed by atoms with E-state index in [2.05, 4.69) is 26.5 Å². The molecule has 0 aliphatic heterocycles. The molecule has 0 atom stereocenters. The quantitative estimate of drug-likeness (QED) is 0.591. The van der Waals surface area contributed by atoms with Gasteiger partial charge in [0.1, 0.15) is 0 Å². The van der Waals surface area contributed by atoms with E-state index in [1.165, 1.54) is 7.05 Å². The molecule has 4 heteroatoms. The molecule has 0 saturated carbocycles. The number of hydrogen-bond donors (Lipinski definition) is 3. The van der Waals surface area contributed by atoms with Crippen LogP contribution in [-0.4, -0.2) is 29.8 Å². The van der Waals surface area contributed by atoms with Gasteiger partial charge in [-0.15, -0.1) is 0 Å². The van der Waals surface area contributed by atoms with Gasteiger partial charge in [0, 0.05) is 13.5 Å². The number of carbonyl (C=O) groups is 1. The van der Waals surface area contributed by atoms with Crippen molar-refractivity contribution in [1.29, 1.82) is 0 Å². The molecule has 0 spiro atoms. The maximum Gasteiger partial charge on any atom is 0.300 e. The Bertz CT molecular complexity index is 69.5. The van der Waals surface area contributed by atoms with E-state index in [9.17, 15) is 0 Å². The van der Waals surface area contributed by atoms with E-state index in [0.717, 1.165) is 12.8 Å². The van der Waals surface area contributed by atoms with Crippen LogP contribution in [0, 0.1) is 5.92 Å². The molecule has 0 saturated heterocycles. The lowest BCUT2D eigenvalue weighted by atomic mass is 10.3. The molecule has 15 heavy (non-hydrogen) atoms. The Hall–Kier alpha value is -0.610. The van der Waals surface area contributed by atoms with Crippen LogP contribution in [0.3, 0.4) is 0 Å². The van der Waals surface area contributed by atoms with Crippen molar-refractivity contribution in [2.75, 3.05) is 13.7 Å². The van der Waals surface area contributed by atoms with Crippen LogP contribution in [0.1, 0.15) is 48.5 Å². The summed E-state index contributed by atoms with van der Waals surface area (Å²) < 4.78 is 0. The summed E-state index contributed by atoms with van der Waals surface area (Å²) in [5, 5.41) is 15.0. The third-order valence-corrected chi connectivity index (χ3v) is 0. The molecule has 0 aliphatic carbocycles. The number of rotatable bonds is 0. The standard InChI is InChI=1S/C4H10.C2H4O2.C2H6O.C2H6.CH5N/c1-4(2)3;1-2(3)4;1-2-3;2*1-2/h4H,1-3H3;1H3,(H,3,4);3H,2H2,1H3;1-2H3;2H2,1H3. The molecule has 0 fully saturated rings. The minimum atomic E-state index is -0.833. The summed E-state index contributed by atoms with van der Waals surface area (Å²) in [6.45, 7) is 13.5. The predicted octanol–water partition coefficient (Wildman–Crippen LogP) is 2.35. The smallest absolute Gasteiger partial charge is 0.300 e. The number of carboxylic acids is 1. The SMILES string of the molecule is CC.CC(=O)O.CC(C)C.CCO.CN. The normalized spacial score (nSPS) is 6.07. The van der Waals surface area contributed by atoms with E-state index >= 15 is 0 Å². The Balaban J connectivity index is -0.0000000289. The summed E-state index contributed by atoms with van der Waals surface area (Å²) in [6.07, 6.45) is 0. The molecule has 98 valence electrons. The van der Waals surface area contributed by atoms with Gasteiger partial charge in [-0.25, -0.2) is 0 Å². The summed E-state index contributed by atoms with van der Waals surface area (Å²) in [6, 6.07) is 0. The van der Waals surface area contributed by atoms with Gasteiger partial charge in [0.2, 0.25) is 0 Å². The van der Waals surface area contributed by atoms with Gasteiger partial charge in [0.15, 0.2) is 0 Å². The minimum Gasteiger partial charge on any atom is -0.481 e. The molecule has 0 bridgehead atoms. The summed E-state index contributed by atoms with van der Waals surface area (Å²) in [7, 11) is 1.50. The molecule has 4 nitrogen and oxygen atoms in total. The zero-order valence-electron chi connectivity index (χ0n) is 11.7. The molecular weight excluding hydrogens is 194 g/mol. The van der Waals surface area contributed by atoms with Gasteiger partial charge in [-0.1, -0.05) is 34.6 Å². The van der Waals surface area contributed by atoms with Crippen molar-refractivity contribution in [3.8, 4) is 0 Å². The lowest BCUT2D eigenvalue weighted by molar-refractivity contribution is -0.134. The highest BCUT2D eigenvalue weighted by Crippen LogP contribution is 1.81. The molecule has 0 radical (unpaired) electrons. The average molecular weight is 225 g/mol. The predicted molar refractivity (Wildman–Crippen MR) is 68.0 cm³/mol. The van der Waals surface area contributed by atoms with Crippen LogP contribution in [0.4, 0.5) is 0 Å². The molecule has 0 aromatic rings. The molecule has 0 unspecified atom stereocenters. The first-order valence-corrected chi connectivity index (χ1v) is 5.26.